The van der Waals surface area contributed by atoms with Crippen molar-refractivity contribution in [2.45, 2.75) is 6.42 Å². The Morgan fingerprint density at radius 1 is 1.19 bits per heavy atom. The van der Waals surface area contributed by atoms with Gasteiger partial charge in [-0.05, 0) is 30.2 Å². The van der Waals surface area contributed by atoms with Crippen molar-refractivity contribution >= 4 is 28.4 Å². The molecule has 8 heteroatoms. The molecule has 0 saturated carbocycles. The van der Waals surface area contributed by atoms with Gasteiger partial charge in [0.25, 0.3) is 5.69 Å². The summed E-state index contributed by atoms with van der Waals surface area (Å²) in [5.74, 6) is 0.175. The average Bonchev–Trinajstić information content (AvgIpc) is 2.67. The number of non-ortho nitro benzene ring substituents is 1. The van der Waals surface area contributed by atoms with Crippen LogP contribution in [0.15, 0.2) is 48.8 Å². The monoisotopic (exact) mass is 352 g/mol. The SMILES string of the molecule is COC(=O)c1ccc(CCNc2ncnc3ccc([N+](=O)[O-])cc23)cc1. The van der Waals surface area contributed by atoms with E-state index < -0.39 is 4.92 Å². The van der Waals surface area contributed by atoms with Crippen LogP contribution < -0.4 is 5.32 Å². The second kappa shape index (κ2) is 7.56. The Morgan fingerprint density at radius 2 is 1.96 bits per heavy atom. The summed E-state index contributed by atoms with van der Waals surface area (Å²) in [6.45, 7) is 0.576. The predicted molar refractivity (Wildman–Crippen MR) is 96.2 cm³/mol. The van der Waals surface area contributed by atoms with Crippen LogP contribution in [0.25, 0.3) is 10.9 Å². The van der Waals surface area contributed by atoms with Crippen LogP contribution in [-0.2, 0) is 11.2 Å². The molecule has 1 aromatic heterocycles. The molecule has 132 valence electrons. The van der Waals surface area contributed by atoms with E-state index in [4.69, 9.17) is 0 Å². The Bertz CT molecular complexity index is 957. The van der Waals surface area contributed by atoms with Gasteiger partial charge in [-0.3, -0.25) is 10.1 Å². The van der Waals surface area contributed by atoms with Crippen LogP contribution in [0.2, 0.25) is 0 Å². The summed E-state index contributed by atoms with van der Waals surface area (Å²) in [7, 11) is 1.34. The van der Waals surface area contributed by atoms with E-state index in [-0.39, 0.29) is 11.7 Å². The van der Waals surface area contributed by atoms with Gasteiger partial charge >= 0.3 is 5.97 Å². The zero-order chi connectivity index (χ0) is 18.5. The zero-order valence-corrected chi connectivity index (χ0v) is 14.0. The molecule has 0 radical (unpaired) electrons. The van der Waals surface area contributed by atoms with Crippen molar-refractivity contribution in [3.05, 3.63) is 70.0 Å². The van der Waals surface area contributed by atoms with Crippen molar-refractivity contribution in [2.75, 3.05) is 19.0 Å². The van der Waals surface area contributed by atoms with E-state index in [0.717, 1.165) is 5.56 Å². The van der Waals surface area contributed by atoms with Crippen LogP contribution in [0.4, 0.5) is 11.5 Å². The maximum Gasteiger partial charge on any atom is 0.337 e. The topological polar surface area (TPSA) is 107 Å². The van der Waals surface area contributed by atoms with E-state index in [2.05, 4.69) is 20.0 Å². The standard InChI is InChI=1S/C18H16N4O4/c1-26-18(23)13-4-2-12(3-5-13)8-9-19-17-15-10-14(22(24)25)6-7-16(15)20-11-21-17/h2-7,10-11H,8-9H2,1H3,(H,19,20,21). The third kappa shape index (κ3) is 3.75. The highest BCUT2D eigenvalue weighted by molar-refractivity contribution is 5.90. The van der Waals surface area contributed by atoms with Gasteiger partial charge in [0.15, 0.2) is 0 Å². The van der Waals surface area contributed by atoms with Crippen LogP contribution in [0.1, 0.15) is 15.9 Å². The number of rotatable bonds is 6. The molecule has 0 bridgehead atoms. The molecular formula is C18H16N4O4. The summed E-state index contributed by atoms with van der Waals surface area (Å²) >= 11 is 0. The summed E-state index contributed by atoms with van der Waals surface area (Å²) in [6.07, 6.45) is 2.11. The molecule has 0 fully saturated rings. The molecule has 0 atom stereocenters. The van der Waals surface area contributed by atoms with Crippen LogP contribution in [0.5, 0.6) is 0 Å². The number of methoxy groups -OCH3 is 1. The quantitative estimate of drug-likeness (QED) is 0.413. The van der Waals surface area contributed by atoms with E-state index in [1.54, 1.807) is 18.2 Å². The lowest BCUT2D eigenvalue weighted by molar-refractivity contribution is -0.384. The Morgan fingerprint density at radius 3 is 2.65 bits per heavy atom. The number of carbonyl (C=O) groups excluding carboxylic acids is 1. The third-order valence-electron chi connectivity index (χ3n) is 3.91. The van der Waals surface area contributed by atoms with Gasteiger partial charge in [-0.2, -0.15) is 0 Å². The van der Waals surface area contributed by atoms with Gasteiger partial charge in [-0.15, -0.1) is 0 Å². The first-order valence-electron chi connectivity index (χ1n) is 7.89. The molecule has 0 unspecified atom stereocenters. The average molecular weight is 352 g/mol. The smallest absolute Gasteiger partial charge is 0.337 e. The molecule has 1 N–H and O–H groups in total. The van der Waals surface area contributed by atoms with Crippen LogP contribution in [-0.4, -0.2) is 34.5 Å². The number of hydrogen-bond donors (Lipinski definition) is 1. The first kappa shape index (κ1) is 17.3. The molecule has 0 amide bonds. The molecule has 1 heterocycles. The van der Waals surface area contributed by atoms with E-state index in [1.807, 2.05) is 12.1 Å². The maximum absolute atomic E-state index is 11.4. The van der Waals surface area contributed by atoms with Crippen molar-refractivity contribution in [3.63, 3.8) is 0 Å². The van der Waals surface area contributed by atoms with Crippen molar-refractivity contribution in [1.82, 2.24) is 9.97 Å². The first-order chi connectivity index (χ1) is 12.6. The van der Waals surface area contributed by atoms with Gasteiger partial charge in [0.2, 0.25) is 0 Å². The molecule has 0 aliphatic heterocycles. The molecule has 2 aromatic carbocycles. The number of nitro benzene ring substituents is 1. The fraction of sp³-hybridized carbons (Fsp3) is 0.167. The van der Waals surface area contributed by atoms with E-state index >= 15 is 0 Å². The highest BCUT2D eigenvalue weighted by Crippen LogP contribution is 2.24. The van der Waals surface area contributed by atoms with Crippen LogP contribution in [0.3, 0.4) is 0 Å². The second-order valence-electron chi connectivity index (χ2n) is 5.55. The summed E-state index contributed by atoms with van der Waals surface area (Å²) < 4.78 is 4.67. The minimum Gasteiger partial charge on any atom is -0.465 e. The van der Waals surface area contributed by atoms with E-state index in [9.17, 15) is 14.9 Å². The normalized spacial score (nSPS) is 10.5. The Hall–Kier alpha value is -3.55. The third-order valence-corrected chi connectivity index (χ3v) is 3.91. The van der Waals surface area contributed by atoms with Gasteiger partial charge in [-0.25, -0.2) is 14.8 Å². The summed E-state index contributed by atoms with van der Waals surface area (Å²) in [5.41, 5.74) is 2.16. The molecule has 0 aliphatic carbocycles. The van der Waals surface area contributed by atoms with Crippen molar-refractivity contribution in [1.29, 1.82) is 0 Å². The molecule has 0 aliphatic rings. The van der Waals surface area contributed by atoms with Crippen LogP contribution >= 0.6 is 0 Å². The van der Waals surface area contributed by atoms with Gasteiger partial charge in [-0.1, -0.05) is 12.1 Å². The van der Waals surface area contributed by atoms with Crippen molar-refractivity contribution in [3.8, 4) is 0 Å². The zero-order valence-electron chi connectivity index (χ0n) is 14.0. The molecule has 3 rings (SSSR count). The molecule has 8 nitrogen and oxygen atoms in total. The van der Waals surface area contributed by atoms with Crippen molar-refractivity contribution in [2.24, 2.45) is 0 Å². The lowest BCUT2D eigenvalue weighted by atomic mass is 10.1. The largest absolute Gasteiger partial charge is 0.465 e. The second-order valence-corrected chi connectivity index (χ2v) is 5.55. The Labute approximate surface area is 149 Å². The van der Waals surface area contributed by atoms with E-state index in [0.29, 0.717) is 35.2 Å². The first-order valence-corrected chi connectivity index (χ1v) is 7.89. The molecule has 0 saturated heterocycles. The fourth-order valence-electron chi connectivity index (χ4n) is 2.55. The number of nitrogens with one attached hydrogen (secondary N) is 1. The number of aromatic nitrogens is 2. The van der Waals surface area contributed by atoms with Gasteiger partial charge in [0.1, 0.15) is 12.1 Å². The fourth-order valence-corrected chi connectivity index (χ4v) is 2.55. The van der Waals surface area contributed by atoms with E-state index in [1.165, 1.54) is 25.6 Å². The van der Waals surface area contributed by atoms with Gasteiger partial charge < -0.3 is 10.1 Å². The number of hydrogen-bond acceptors (Lipinski definition) is 7. The highest BCUT2D eigenvalue weighted by atomic mass is 16.6. The lowest BCUT2D eigenvalue weighted by Crippen LogP contribution is -2.07. The molecule has 0 spiro atoms. The highest BCUT2D eigenvalue weighted by Gasteiger charge is 2.10. The number of fused-ring (bicyclic) bond motifs is 1. The minimum absolute atomic E-state index is 0.00579. The minimum atomic E-state index is -0.445. The van der Waals surface area contributed by atoms with Gasteiger partial charge in [0.05, 0.1) is 23.1 Å². The number of nitro groups is 1. The number of nitrogens with zero attached hydrogens (tertiary/aromatic N) is 3. The number of carbonyl (C=O) groups is 1. The van der Waals surface area contributed by atoms with Crippen LogP contribution in [0, 0.1) is 10.1 Å². The predicted octanol–water partition coefficient (Wildman–Crippen LogP) is 2.98. The summed E-state index contributed by atoms with van der Waals surface area (Å²) in [5, 5.41) is 14.7. The molecule has 3 aromatic rings. The number of benzene rings is 2. The maximum atomic E-state index is 11.4. The van der Waals surface area contributed by atoms with Gasteiger partial charge in [0, 0.05) is 24.1 Å². The molecular weight excluding hydrogens is 336 g/mol. The summed E-state index contributed by atoms with van der Waals surface area (Å²) in [4.78, 5) is 30.3. The Balaban J connectivity index is 1.70. The Kier molecular flexibility index (Phi) is 5.02. The number of esters is 1. The number of anilines is 1. The molecule has 26 heavy (non-hydrogen) atoms. The number of ether oxygens (including phenoxy) is 1. The lowest BCUT2D eigenvalue weighted by Gasteiger charge is -2.08. The summed E-state index contributed by atoms with van der Waals surface area (Å²) in [6, 6.07) is 11.6. The van der Waals surface area contributed by atoms with Crippen molar-refractivity contribution < 1.29 is 14.5 Å².